The van der Waals surface area contributed by atoms with Crippen molar-refractivity contribution in [3.05, 3.63) is 29.3 Å². The topological polar surface area (TPSA) is 40.5 Å². The van der Waals surface area contributed by atoms with Gasteiger partial charge in [-0.15, -0.1) is 0 Å². The molecule has 6 heteroatoms. The zero-order chi connectivity index (χ0) is 13.2. The first-order valence-electron chi connectivity index (χ1n) is 4.82. The van der Waals surface area contributed by atoms with Gasteiger partial charge >= 0.3 is 6.18 Å². The SMILES string of the molecule is CC(=O)N(C)Cc1cc(O)cc(C(F)(F)F)c1. The molecule has 0 aliphatic carbocycles. The number of phenolic OH excluding ortho intramolecular Hbond substituents is 1. The van der Waals surface area contributed by atoms with E-state index in [1.54, 1.807) is 0 Å². The number of hydrogen-bond acceptors (Lipinski definition) is 2. The fraction of sp³-hybridized carbons (Fsp3) is 0.364. The van der Waals surface area contributed by atoms with Crippen molar-refractivity contribution in [3.8, 4) is 5.75 Å². The summed E-state index contributed by atoms with van der Waals surface area (Å²) in [5.41, 5.74) is -0.695. The summed E-state index contributed by atoms with van der Waals surface area (Å²) in [5.74, 6) is -0.728. The summed E-state index contributed by atoms with van der Waals surface area (Å²) < 4.78 is 37.4. The molecule has 0 aromatic heterocycles. The molecule has 1 N–H and O–H groups in total. The number of benzene rings is 1. The highest BCUT2D eigenvalue weighted by atomic mass is 19.4. The van der Waals surface area contributed by atoms with Crippen molar-refractivity contribution >= 4 is 5.91 Å². The van der Waals surface area contributed by atoms with Crippen LogP contribution in [0.5, 0.6) is 5.75 Å². The third-order valence-electron chi connectivity index (χ3n) is 2.26. The van der Waals surface area contributed by atoms with E-state index in [1.807, 2.05) is 0 Å². The van der Waals surface area contributed by atoms with E-state index in [4.69, 9.17) is 0 Å². The number of alkyl halides is 3. The molecule has 1 amide bonds. The number of aromatic hydroxyl groups is 1. The largest absolute Gasteiger partial charge is 0.508 e. The van der Waals surface area contributed by atoms with Gasteiger partial charge in [0.15, 0.2) is 0 Å². The summed E-state index contributed by atoms with van der Waals surface area (Å²) >= 11 is 0. The van der Waals surface area contributed by atoms with Crippen molar-refractivity contribution in [1.82, 2.24) is 4.90 Å². The Morgan fingerprint density at radius 2 is 1.94 bits per heavy atom. The Balaban J connectivity index is 3.02. The molecule has 0 aliphatic rings. The Bertz CT molecular complexity index is 429. The third-order valence-corrected chi connectivity index (χ3v) is 2.26. The zero-order valence-electron chi connectivity index (χ0n) is 9.38. The van der Waals surface area contributed by atoms with Gasteiger partial charge in [-0.2, -0.15) is 13.2 Å². The highest BCUT2D eigenvalue weighted by Crippen LogP contribution is 2.32. The lowest BCUT2D eigenvalue weighted by Gasteiger charge is -2.16. The standard InChI is InChI=1S/C11H12F3NO2/c1-7(16)15(2)6-8-3-9(11(12,13)14)5-10(17)4-8/h3-5,17H,6H2,1-2H3. The number of nitrogens with zero attached hydrogens (tertiary/aromatic N) is 1. The number of rotatable bonds is 2. The molecule has 0 fully saturated rings. The minimum Gasteiger partial charge on any atom is -0.508 e. The van der Waals surface area contributed by atoms with Crippen molar-refractivity contribution in [2.24, 2.45) is 0 Å². The molecular formula is C11H12F3NO2. The van der Waals surface area contributed by atoms with E-state index in [1.165, 1.54) is 24.9 Å². The Hall–Kier alpha value is -1.72. The van der Waals surface area contributed by atoms with E-state index >= 15 is 0 Å². The molecule has 3 nitrogen and oxygen atoms in total. The van der Waals surface area contributed by atoms with Gasteiger partial charge in [0.25, 0.3) is 0 Å². The van der Waals surface area contributed by atoms with Crippen molar-refractivity contribution in [1.29, 1.82) is 0 Å². The number of hydrogen-bond donors (Lipinski definition) is 1. The molecule has 1 aromatic carbocycles. The van der Waals surface area contributed by atoms with Crippen molar-refractivity contribution < 1.29 is 23.1 Å². The number of halogens is 3. The molecule has 0 saturated carbocycles. The summed E-state index contributed by atoms with van der Waals surface area (Å²) in [6.45, 7) is 1.33. The van der Waals surface area contributed by atoms with Crippen LogP contribution in [0.25, 0.3) is 0 Å². The van der Waals surface area contributed by atoms with Crippen LogP contribution >= 0.6 is 0 Å². The second kappa shape index (κ2) is 4.65. The maximum Gasteiger partial charge on any atom is 0.416 e. The molecule has 0 aliphatic heterocycles. The van der Waals surface area contributed by atoms with Crippen LogP contribution in [0.15, 0.2) is 18.2 Å². The van der Waals surface area contributed by atoms with Gasteiger partial charge in [0.2, 0.25) is 5.91 Å². The second-order valence-electron chi connectivity index (χ2n) is 3.76. The van der Waals surface area contributed by atoms with Crippen LogP contribution in [-0.4, -0.2) is 23.0 Å². The summed E-state index contributed by atoms with van der Waals surface area (Å²) in [7, 11) is 1.47. The average Bonchev–Trinajstić information content (AvgIpc) is 2.15. The molecule has 0 heterocycles. The van der Waals surface area contributed by atoms with Gasteiger partial charge in [0.05, 0.1) is 5.56 Å². The minimum atomic E-state index is -4.51. The Kier molecular flexibility index (Phi) is 3.65. The first-order valence-corrected chi connectivity index (χ1v) is 4.82. The fourth-order valence-electron chi connectivity index (χ4n) is 1.31. The predicted molar refractivity (Wildman–Crippen MR) is 55.3 cm³/mol. The highest BCUT2D eigenvalue weighted by Gasteiger charge is 2.31. The van der Waals surface area contributed by atoms with Crippen LogP contribution in [0, 0.1) is 0 Å². The molecule has 0 spiro atoms. The average molecular weight is 247 g/mol. The van der Waals surface area contributed by atoms with Gasteiger partial charge in [0, 0.05) is 20.5 Å². The zero-order valence-corrected chi connectivity index (χ0v) is 9.38. The Labute approximate surface area is 96.5 Å². The maximum atomic E-state index is 12.5. The van der Waals surface area contributed by atoms with Gasteiger partial charge < -0.3 is 10.0 Å². The third kappa shape index (κ3) is 3.65. The lowest BCUT2D eigenvalue weighted by atomic mass is 10.1. The monoisotopic (exact) mass is 247 g/mol. The molecule has 1 aromatic rings. The fourth-order valence-corrected chi connectivity index (χ4v) is 1.31. The van der Waals surface area contributed by atoms with E-state index < -0.39 is 17.5 Å². The predicted octanol–water partition coefficient (Wildman–Crippen LogP) is 2.39. The van der Waals surface area contributed by atoms with E-state index in [-0.39, 0.29) is 18.0 Å². The van der Waals surface area contributed by atoms with E-state index in [0.717, 1.165) is 6.07 Å². The quantitative estimate of drug-likeness (QED) is 0.871. The number of phenols is 1. The summed E-state index contributed by atoms with van der Waals surface area (Å²) in [6.07, 6.45) is -4.51. The number of carbonyl (C=O) groups excluding carboxylic acids is 1. The van der Waals surface area contributed by atoms with E-state index in [9.17, 15) is 23.1 Å². The van der Waals surface area contributed by atoms with Crippen molar-refractivity contribution in [2.75, 3.05) is 7.05 Å². The second-order valence-corrected chi connectivity index (χ2v) is 3.76. The smallest absolute Gasteiger partial charge is 0.416 e. The van der Waals surface area contributed by atoms with Crippen LogP contribution in [0.4, 0.5) is 13.2 Å². The lowest BCUT2D eigenvalue weighted by molar-refractivity contribution is -0.137. The molecular weight excluding hydrogens is 235 g/mol. The lowest BCUT2D eigenvalue weighted by Crippen LogP contribution is -2.23. The van der Waals surface area contributed by atoms with Crippen molar-refractivity contribution in [3.63, 3.8) is 0 Å². The first kappa shape index (κ1) is 13.3. The number of carbonyl (C=O) groups is 1. The summed E-state index contributed by atoms with van der Waals surface area (Å²) in [5, 5.41) is 9.21. The summed E-state index contributed by atoms with van der Waals surface area (Å²) in [6, 6.07) is 2.77. The van der Waals surface area contributed by atoms with Gasteiger partial charge in [-0.25, -0.2) is 0 Å². The van der Waals surface area contributed by atoms with E-state index in [0.29, 0.717) is 6.07 Å². The van der Waals surface area contributed by atoms with Gasteiger partial charge in [-0.3, -0.25) is 4.79 Å². The van der Waals surface area contributed by atoms with Crippen LogP contribution < -0.4 is 0 Å². The molecule has 0 radical (unpaired) electrons. The van der Waals surface area contributed by atoms with Crippen LogP contribution in [-0.2, 0) is 17.5 Å². The maximum absolute atomic E-state index is 12.5. The number of amides is 1. The van der Waals surface area contributed by atoms with Crippen molar-refractivity contribution in [2.45, 2.75) is 19.6 Å². The minimum absolute atomic E-state index is 0.0206. The van der Waals surface area contributed by atoms with Gasteiger partial charge in [0.1, 0.15) is 5.75 Å². The normalized spacial score (nSPS) is 11.4. The first-order chi connectivity index (χ1) is 7.70. The molecule has 0 saturated heterocycles. The molecule has 0 atom stereocenters. The van der Waals surface area contributed by atoms with Crippen LogP contribution in [0.2, 0.25) is 0 Å². The highest BCUT2D eigenvalue weighted by molar-refractivity contribution is 5.72. The van der Waals surface area contributed by atoms with Gasteiger partial charge in [-0.05, 0) is 23.8 Å². The molecule has 94 valence electrons. The van der Waals surface area contributed by atoms with Crippen LogP contribution in [0.3, 0.4) is 0 Å². The molecule has 17 heavy (non-hydrogen) atoms. The van der Waals surface area contributed by atoms with Crippen LogP contribution in [0.1, 0.15) is 18.1 Å². The summed E-state index contributed by atoms with van der Waals surface area (Å²) in [4.78, 5) is 12.2. The Morgan fingerprint density at radius 3 is 2.41 bits per heavy atom. The Morgan fingerprint density at radius 1 is 1.35 bits per heavy atom. The van der Waals surface area contributed by atoms with Gasteiger partial charge in [-0.1, -0.05) is 0 Å². The molecule has 1 rings (SSSR count). The van der Waals surface area contributed by atoms with E-state index in [2.05, 4.69) is 0 Å². The molecule has 0 bridgehead atoms. The molecule has 0 unspecified atom stereocenters.